The lowest BCUT2D eigenvalue weighted by Crippen LogP contribution is -2.61. The quantitative estimate of drug-likeness (QED) is 0.310. The maximum absolute atomic E-state index is 15.7. The summed E-state index contributed by atoms with van der Waals surface area (Å²) in [6.45, 7) is 1.43. The standard InChI is InChI=1S/C24H22F3N7O3S/c1-22(12-35)24(26,27)23(2,34-21(28)38-22)14-9-13(3-4-15(14)25)32-20-19-16(5-6-30-20)33-17(10-31-19)37-11-18-29-7-8-36-18/h3-10,35H,11-12H2,1-2H3,(H2,28,34)(H,30,32)/t22-,23+/m0/s1. The van der Waals surface area contributed by atoms with Gasteiger partial charge in [-0.1, -0.05) is 11.8 Å². The first-order valence-electron chi connectivity index (χ1n) is 11.3. The Morgan fingerprint density at radius 2 is 1.97 bits per heavy atom. The molecule has 0 unspecified atom stereocenters. The van der Waals surface area contributed by atoms with E-state index in [1.165, 1.54) is 43.9 Å². The fourth-order valence-electron chi connectivity index (χ4n) is 4.15. The Morgan fingerprint density at radius 3 is 2.71 bits per heavy atom. The molecule has 5 rings (SSSR count). The first kappa shape index (κ1) is 25.7. The summed E-state index contributed by atoms with van der Waals surface area (Å²) in [7, 11) is 0. The van der Waals surface area contributed by atoms with Crippen molar-refractivity contribution in [1.82, 2.24) is 19.9 Å². The number of aliphatic hydroxyl groups excluding tert-OH is 1. The summed E-state index contributed by atoms with van der Waals surface area (Å²) in [4.78, 5) is 20.9. The summed E-state index contributed by atoms with van der Waals surface area (Å²) >= 11 is 0.556. The number of rotatable bonds is 7. The zero-order valence-electron chi connectivity index (χ0n) is 20.2. The first-order valence-corrected chi connectivity index (χ1v) is 12.1. The molecule has 0 aliphatic carbocycles. The van der Waals surface area contributed by atoms with Crippen molar-refractivity contribution in [2.75, 3.05) is 11.9 Å². The Hall–Kier alpha value is -3.91. The number of nitrogens with zero attached hydrogens (tertiary/aromatic N) is 5. The van der Waals surface area contributed by atoms with Crippen molar-refractivity contribution in [3.63, 3.8) is 0 Å². The van der Waals surface area contributed by atoms with Gasteiger partial charge in [-0.25, -0.2) is 38.1 Å². The topological polar surface area (TPSA) is 145 Å². The largest absolute Gasteiger partial charge is 0.467 e. The van der Waals surface area contributed by atoms with E-state index in [1.54, 1.807) is 6.07 Å². The van der Waals surface area contributed by atoms with Gasteiger partial charge in [0.1, 0.15) is 22.3 Å². The van der Waals surface area contributed by atoms with Gasteiger partial charge in [-0.15, -0.1) is 0 Å². The number of nitrogens with one attached hydrogen (secondary N) is 1. The van der Waals surface area contributed by atoms with Crippen LogP contribution in [0.2, 0.25) is 0 Å². The Labute approximate surface area is 218 Å². The number of aliphatic hydroxyl groups is 1. The molecule has 2 atom stereocenters. The number of fused-ring (bicyclic) bond motifs is 1. The number of amidine groups is 1. The summed E-state index contributed by atoms with van der Waals surface area (Å²) in [5, 5.41) is 12.6. The normalized spacial score (nSPS) is 22.7. The number of aromatic nitrogens is 4. The van der Waals surface area contributed by atoms with Gasteiger partial charge in [0.15, 0.2) is 23.1 Å². The molecule has 0 radical (unpaired) electrons. The lowest BCUT2D eigenvalue weighted by molar-refractivity contribution is -0.111. The van der Waals surface area contributed by atoms with Crippen molar-refractivity contribution in [2.24, 2.45) is 10.7 Å². The van der Waals surface area contributed by atoms with Crippen LogP contribution >= 0.6 is 11.8 Å². The number of alkyl halides is 2. The molecular weight excluding hydrogens is 523 g/mol. The minimum absolute atomic E-state index is 0.0615. The molecule has 10 nitrogen and oxygen atoms in total. The van der Waals surface area contributed by atoms with Gasteiger partial charge in [0.25, 0.3) is 5.92 Å². The molecule has 1 aliphatic rings. The Bertz CT molecular complexity index is 1520. The third kappa shape index (κ3) is 4.28. The van der Waals surface area contributed by atoms with Crippen molar-refractivity contribution in [1.29, 1.82) is 0 Å². The van der Waals surface area contributed by atoms with Gasteiger partial charge in [0.2, 0.25) is 11.8 Å². The number of aliphatic imine (C=N–C) groups is 1. The van der Waals surface area contributed by atoms with Crippen LogP contribution in [0.15, 0.2) is 58.5 Å². The average molecular weight is 546 g/mol. The number of ether oxygens (including phenoxy) is 1. The highest BCUT2D eigenvalue weighted by molar-refractivity contribution is 8.15. The van der Waals surface area contributed by atoms with Gasteiger partial charge in [0, 0.05) is 17.4 Å². The molecule has 0 fully saturated rings. The molecule has 1 aromatic carbocycles. The molecule has 0 bridgehead atoms. The highest BCUT2D eigenvalue weighted by atomic mass is 32.2. The average Bonchev–Trinajstić information content (AvgIpc) is 3.41. The Morgan fingerprint density at radius 1 is 1.16 bits per heavy atom. The van der Waals surface area contributed by atoms with Crippen molar-refractivity contribution in [3.05, 3.63) is 66.4 Å². The van der Waals surface area contributed by atoms with E-state index in [-0.39, 0.29) is 29.2 Å². The number of pyridine rings is 1. The van der Waals surface area contributed by atoms with Crippen LogP contribution in [0, 0.1) is 5.82 Å². The molecule has 0 spiro atoms. The number of oxazole rings is 1. The monoisotopic (exact) mass is 545 g/mol. The van der Waals surface area contributed by atoms with Gasteiger partial charge in [-0.3, -0.25) is 0 Å². The van der Waals surface area contributed by atoms with E-state index in [1.807, 2.05) is 0 Å². The van der Waals surface area contributed by atoms with Gasteiger partial charge in [-0.2, -0.15) is 0 Å². The van der Waals surface area contributed by atoms with Crippen molar-refractivity contribution >= 4 is 39.5 Å². The van der Waals surface area contributed by atoms with Crippen LogP contribution in [0.1, 0.15) is 25.3 Å². The molecular formula is C24H22F3N7O3S. The number of hydrogen-bond acceptors (Lipinski definition) is 11. The third-order valence-electron chi connectivity index (χ3n) is 6.26. The molecule has 3 aromatic heterocycles. The lowest BCUT2D eigenvalue weighted by Gasteiger charge is -2.47. The second-order valence-corrected chi connectivity index (χ2v) is 10.4. The van der Waals surface area contributed by atoms with Crippen LogP contribution < -0.4 is 15.8 Å². The number of anilines is 2. The minimum atomic E-state index is -3.66. The SMILES string of the molecule is C[C@@]1(CO)SC(N)=N[C@](C)(c2cc(Nc3nccc4nc(OCc5ncco5)cnc34)ccc2F)C1(F)F. The highest BCUT2D eigenvalue weighted by Crippen LogP contribution is 2.56. The third-order valence-corrected chi connectivity index (χ3v) is 7.40. The van der Waals surface area contributed by atoms with Gasteiger partial charge in [-0.05, 0) is 38.1 Å². The predicted molar refractivity (Wildman–Crippen MR) is 135 cm³/mol. The molecule has 4 N–H and O–H groups in total. The fraction of sp³-hybridized carbons (Fsp3) is 0.292. The zero-order chi connectivity index (χ0) is 27.1. The number of hydrogen-bond donors (Lipinski definition) is 3. The van der Waals surface area contributed by atoms with Crippen LogP contribution in [0.25, 0.3) is 11.0 Å². The molecule has 4 heterocycles. The van der Waals surface area contributed by atoms with Gasteiger partial charge >= 0.3 is 0 Å². The van der Waals surface area contributed by atoms with E-state index in [0.717, 1.165) is 13.0 Å². The smallest absolute Gasteiger partial charge is 0.293 e. The maximum Gasteiger partial charge on any atom is 0.293 e. The molecule has 38 heavy (non-hydrogen) atoms. The van der Waals surface area contributed by atoms with E-state index >= 15 is 13.2 Å². The summed E-state index contributed by atoms with van der Waals surface area (Å²) in [6.07, 6.45) is 5.79. The lowest BCUT2D eigenvalue weighted by atomic mass is 9.79. The number of halogens is 3. The fourth-order valence-corrected chi connectivity index (χ4v) is 5.23. The molecule has 0 amide bonds. The molecule has 0 saturated carbocycles. The molecule has 4 aromatic rings. The summed E-state index contributed by atoms with van der Waals surface area (Å²) in [6, 6.07) is 5.26. The zero-order valence-corrected chi connectivity index (χ0v) is 21.0. The van der Waals surface area contributed by atoms with Crippen molar-refractivity contribution in [2.45, 2.75) is 36.7 Å². The number of thioether (sulfide) groups is 1. The van der Waals surface area contributed by atoms with Gasteiger partial charge < -0.3 is 25.3 Å². The molecule has 198 valence electrons. The van der Waals surface area contributed by atoms with Crippen LogP contribution in [0.4, 0.5) is 24.7 Å². The van der Waals surface area contributed by atoms with E-state index in [2.05, 4.69) is 30.2 Å². The summed E-state index contributed by atoms with van der Waals surface area (Å²) in [5.74, 6) is -3.71. The second kappa shape index (κ2) is 9.44. The van der Waals surface area contributed by atoms with E-state index in [4.69, 9.17) is 14.9 Å². The summed E-state index contributed by atoms with van der Waals surface area (Å²) < 4.78 is 55.1. The van der Waals surface area contributed by atoms with E-state index in [0.29, 0.717) is 28.7 Å². The Kier molecular flexibility index (Phi) is 6.39. The number of nitrogens with two attached hydrogens (primary N) is 1. The predicted octanol–water partition coefficient (Wildman–Crippen LogP) is 4.14. The van der Waals surface area contributed by atoms with E-state index < -0.39 is 34.2 Å². The van der Waals surface area contributed by atoms with Gasteiger partial charge in [0.05, 0.1) is 24.5 Å². The number of benzene rings is 1. The van der Waals surface area contributed by atoms with Crippen LogP contribution in [0.5, 0.6) is 5.88 Å². The van der Waals surface area contributed by atoms with Crippen molar-refractivity contribution < 1.29 is 27.4 Å². The highest BCUT2D eigenvalue weighted by Gasteiger charge is 2.66. The maximum atomic E-state index is 15.7. The van der Waals surface area contributed by atoms with Crippen molar-refractivity contribution in [3.8, 4) is 5.88 Å². The Balaban J connectivity index is 1.47. The first-order chi connectivity index (χ1) is 18.1. The van der Waals surface area contributed by atoms with Crippen LogP contribution in [-0.4, -0.2) is 47.5 Å². The molecule has 14 heteroatoms. The van der Waals surface area contributed by atoms with Crippen LogP contribution in [-0.2, 0) is 12.1 Å². The summed E-state index contributed by atoms with van der Waals surface area (Å²) in [5.41, 5.74) is 4.11. The minimum Gasteiger partial charge on any atom is -0.467 e. The molecule has 1 aliphatic heterocycles. The van der Waals surface area contributed by atoms with E-state index in [9.17, 15) is 5.11 Å². The molecule has 0 saturated heterocycles. The van der Waals surface area contributed by atoms with Crippen LogP contribution in [0.3, 0.4) is 0 Å². The second-order valence-electron chi connectivity index (χ2n) is 8.86.